The maximum Gasteiger partial charge on any atom is 0.256 e. The highest BCUT2D eigenvalue weighted by molar-refractivity contribution is 9.10. The van der Waals surface area contributed by atoms with Crippen LogP contribution in [0.25, 0.3) is 10.9 Å². The molecule has 21 heavy (non-hydrogen) atoms. The first-order valence-electron chi connectivity index (χ1n) is 6.39. The van der Waals surface area contributed by atoms with Gasteiger partial charge in [0.2, 0.25) is 0 Å². The van der Waals surface area contributed by atoms with E-state index in [-0.39, 0.29) is 11.7 Å². The van der Waals surface area contributed by atoms with Gasteiger partial charge in [0.25, 0.3) is 5.91 Å². The van der Waals surface area contributed by atoms with Gasteiger partial charge in [-0.15, -0.1) is 0 Å². The van der Waals surface area contributed by atoms with Crippen molar-refractivity contribution < 1.29 is 9.18 Å². The number of anilines is 1. The largest absolute Gasteiger partial charge is 0.361 e. The summed E-state index contributed by atoms with van der Waals surface area (Å²) in [6.45, 7) is 1.75. The zero-order chi connectivity index (χ0) is 15.0. The van der Waals surface area contributed by atoms with Crippen LogP contribution in [0.2, 0.25) is 0 Å². The van der Waals surface area contributed by atoms with Crippen molar-refractivity contribution in [1.82, 2.24) is 4.98 Å². The van der Waals surface area contributed by atoms with Gasteiger partial charge in [0, 0.05) is 28.4 Å². The van der Waals surface area contributed by atoms with Gasteiger partial charge in [-0.25, -0.2) is 4.39 Å². The van der Waals surface area contributed by atoms with Crippen molar-refractivity contribution in [3.8, 4) is 0 Å². The minimum absolute atomic E-state index is 0.221. The SMILES string of the molecule is Cc1cc(F)c(Br)cc1NC(=O)c1cccc2[nH]ccc12. The fraction of sp³-hybridized carbons (Fsp3) is 0.0625. The van der Waals surface area contributed by atoms with Crippen molar-refractivity contribution in [2.24, 2.45) is 0 Å². The Hall–Kier alpha value is -2.14. The summed E-state index contributed by atoms with van der Waals surface area (Å²) >= 11 is 3.13. The summed E-state index contributed by atoms with van der Waals surface area (Å²) < 4.78 is 13.7. The molecule has 0 fully saturated rings. The Morgan fingerprint density at radius 3 is 2.90 bits per heavy atom. The van der Waals surface area contributed by atoms with E-state index in [0.717, 1.165) is 10.9 Å². The quantitative estimate of drug-likeness (QED) is 0.698. The van der Waals surface area contributed by atoms with Crippen molar-refractivity contribution in [2.75, 3.05) is 5.32 Å². The Balaban J connectivity index is 1.97. The summed E-state index contributed by atoms with van der Waals surface area (Å²) in [5.74, 6) is -0.569. The van der Waals surface area contributed by atoms with Crippen molar-refractivity contribution >= 4 is 38.4 Å². The summed E-state index contributed by atoms with van der Waals surface area (Å²) in [6.07, 6.45) is 1.79. The molecule has 0 atom stereocenters. The minimum Gasteiger partial charge on any atom is -0.361 e. The number of aryl methyl sites for hydroxylation is 1. The molecule has 0 aliphatic heterocycles. The van der Waals surface area contributed by atoms with Crippen molar-refractivity contribution in [2.45, 2.75) is 6.92 Å². The average molecular weight is 347 g/mol. The van der Waals surface area contributed by atoms with Crippen molar-refractivity contribution in [1.29, 1.82) is 0 Å². The molecule has 1 heterocycles. The zero-order valence-corrected chi connectivity index (χ0v) is 12.8. The average Bonchev–Trinajstić information content (AvgIpc) is 2.92. The number of hydrogen-bond acceptors (Lipinski definition) is 1. The molecule has 106 valence electrons. The molecule has 1 aromatic heterocycles. The van der Waals surface area contributed by atoms with E-state index in [1.54, 1.807) is 25.3 Å². The topological polar surface area (TPSA) is 44.9 Å². The molecule has 3 rings (SSSR count). The van der Waals surface area contributed by atoms with E-state index in [4.69, 9.17) is 0 Å². The minimum atomic E-state index is -0.349. The first-order chi connectivity index (χ1) is 10.1. The number of carbonyl (C=O) groups excluding carboxylic acids is 1. The zero-order valence-electron chi connectivity index (χ0n) is 11.2. The summed E-state index contributed by atoms with van der Waals surface area (Å²) in [5, 5.41) is 3.68. The van der Waals surface area contributed by atoms with Crippen LogP contribution in [0.4, 0.5) is 10.1 Å². The standard InChI is InChI=1S/C16H12BrFN2O/c1-9-7-13(18)12(17)8-15(9)20-16(21)11-3-2-4-14-10(11)5-6-19-14/h2-8,19H,1H3,(H,20,21). The first kappa shape index (κ1) is 13.8. The van der Waals surface area contributed by atoms with Crippen LogP contribution >= 0.6 is 15.9 Å². The van der Waals surface area contributed by atoms with Crippen LogP contribution in [-0.4, -0.2) is 10.9 Å². The second-order valence-corrected chi connectivity index (χ2v) is 5.63. The van der Waals surface area contributed by atoms with Crippen LogP contribution in [0.1, 0.15) is 15.9 Å². The van der Waals surface area contributed by atoms with E-state index in [1.165, 1.54) is 6.07 Å². The molecule has 2 aromatic carbocycles. The smallest absolute Gasteiger partial charge is 0.256 e. The Bertz CT molecular complexity index is 841. The lowest BCUT2D eigenvalue weighted by molar-refractivity contribution is 0.102. The number of aromatic amines is 1. The van der Waals surface area contributed by atoms with Gasteiger partial charge < -0.3 is 10.3 Å². The normalized spacial score (nSPS) is 10.8. The molecule has 3 aromatic rings. The van der Waals surface area contributed by atoms with E-state index in [9.17, 15) is 9.18 Å². The van der Waals surface area contributed by atoms with Gasteiger partial charge in [0.15, 0.2) is 0 Å². The van der Waals surface area contributed by atoms with Crippen LogP contribution in [0.15, 0.2) is 47.1 Å². The van der Waals surface area contributed by atoms with E-state index in [2.05, 4.69) is 26.2 Å². The molecule has 0 spiro atoms. The van der Waals surface area contributed by atoms with Crippen LogP contribution in [0.3, 0.4) is 0 Å². The molecule has 3 nitrogen and oxygen atoms in total. The number of H-pyrrole nitrogens is 1. The Kier molecular flexibility index (Phi) is 3.51. The summed E-state index contributed by atoms with van der Waals surface area (Å²) in [4.78, 5) is 15.5. The molecule has 0 aliphatic carbocycles. The third-order valence-electron chi connectivity index (χ3n) is 3.36. The molecule has 2 N–H and O–H groups in total. The maximum atomic E-state index is 13.4. The van der Waals surface area contributed by atoms with E-state index >= 15 is 0 Å². The molecule has 0 saturated carbocycles. The molecule has 0 bridgehead atoms. The molecular formula is C16H12BrFN2O. The number of hydrogen-bond donors (Lipinski definition) is 2. The first-order valence-corrected chi connectivity index (χ1v) is 7.18. The van der Waals surface area contributed by atoms with E-state index in [1.807, 2.05) is 18.2 Å². The number of halogens is 2. The fourth-order valence-electron chi connectivity index (χ4n) is 2.25. The summed E-state index contributed by atoms with van der Waals surface area (Å²) in [5.41, 5.74) is 2.74. The highest BCUT2D eigenvalue weighted by Gasteiger charge is 2.13. The number of carbonyl (C=O) groups is 1. The predicted octanol–water partition coefficient (Wildman–Crippen LogP) is 4.63. The fourth-order valence-corrected chi connectivity index (χ4v) is 2.60. The Labute approximate surface area is 129 Å². The number of rotatable bonds is 2. The van der Waals surface area contributed by atoms with E-state index < -0.39 is 0 Å². The molecule has 1 amide bonds. The number of benzene rings is 2. The number of aromatic nitrogens is 1. The number of amides is 1. The third kappa shape index (κ3) is 2.56. The van der Waals surface area contributed by atoms with Gasteiger partial charge in [0.1, 0.15) is 5.82 Å². The molecule has 5 heteroatoms. The van der Waals surface area contributed by atoms with Gasteiger partial charge in [-0.3, -0.25) is 4.79 Å². The molecule has 0 aliphatic rings. The monoisotopic (exact) mass is 346 g/mol. The van der Waals surface area contributed by atoms with Crippen molar-refractivity contribution in [3.63, 3.8) is 0 Å². The van der Waals surface area contributed by atoms with E-state index in [0.29, 0.717) is 21.3 Å². The highest BCUT2D eigenvalue weighted by Crippen LogP contribution is 2.25. The van der Waals surface area contributed by atoms with Gasteiger partial charge in [-0.1, -0.05) is 6.07 Å². The van der Waals surface area contributed by atoms with Crippen LogP contribution in [0, 0.1) is 12.7 Å². The van der Waals surface area contributed by atoms with Gasteiger partial charge in [-0.05, 0) is 58.7 Å². The second-order valence-electron chi connectivity index (χ2n) is 4.78. The van der Waals surface area contributed by atoms with Gasteiger partial charge in [-0.2, -0.15) is 0 Å². The maximum absolute atomic E-state index is 13.4. The van der Waals surface area contributed by atoms with Crippen LogP contribution in [0.5, 0.6) is 0 Å². The summed E-state index contributed by atoms with van der Waals surface area (Å²) in [6, 6.07) is 10.3. The predicted molar refractivity (Wildman–Crippen MR) is 85.1 cm³/mol. The number of fused-ring (bicyclic) bond motifs is 1. The van der Waals surface area contributed by atoms with Gasteiger partial charge >= 0.3 is 0 Å². The highest BCUT2D eigenvalue weighted by atomic mass is 79.9. The molecule has 0 unspecified atom stereocenters. The summed E-state index contributed by atoms with van der Waals surface area (Å²) in [7, 11) is 0. The molecule has 0 radical (unpaired) electrons. The number of nitrogens with one attached hydrogen (secondary N) is 2. The Morgan fingerprint density at radius 1 is 1.29 bits per heavy atom. The molecular weight excluding hydrogens is 335 g/mol. The van der Waals surface area contributed by atoms with Gasteiger partial charge in [0.05, 0.1) is 4.47 Å². The molecule has 0 saturated heterocycles. The lowest BCUT2D eigenvalue weighted by atomic mass is 10.1. The Morgan fingerprint density at radius 2 is 2.10 bits per heavy atom. The third-order valence-corrected chi connectivity index (χ3v) is 3.96. The lowest BCUT2D eigenvalue weighted by Crippen LogP contribution is -2.13. The van der Waals surface area contributed by atoms with Crippen molar-refractivity contribution in [3.05, 3.63) is 64.0 Å². The van der Waals surface area contributed by atoms with Crippen LogP contribution < -0.4 is 5.32 Å². The van der Waals surface area contributed by atoms with Crippen LogP contribution in [-0.2, 0) is 0 Å². The lowest BCUT2D eigenvalue weighted by Gasteiger charge is -2.10. The second kappa shape index (κ2) is 5.33.